The van der Waals surface area contributed by atoms with Crippen molar-refractivity contribution >= 4 is 21.6 Å². The van der Waals surface area contributed by atoms with Crippen molar-refractivity contribution in [1.82, 2.24) is 4.31 Å². The van der Waals surface area contributed by atoms with E-state index in [1.54, 1.807) is 19.1 Å². The van der Waals surface area contributed by atoms with Crippen LogP contribution in [-0.2, 0) is 52.3 Å². The maximum Gasteiger partial charge on any atom is 0.419 e. The number of rotatable bonds is 6. The number of alkyl halides is 6. The van der Waals surface area contributed by atoms with Crippen LogP contribution in [0.1, 0.15) is 38.9 Å². The van der Waals surface area contributed by atoms with Gasteiger partial charge in [0.2, 0.25) is 15.9 Å². The van der Waals surface area contributed by atoms with Crippen molar-refractivity contribution in [2.24, 2.45) is 0 Å². The van der Waals surface area contributed by atoms with Crippen LogP contribution >= 0.6 is 0 Å². The molecule has 0 spiro atoms. The molecule has 0 aliphatic carbocycles. The zero-order valence-corrected chi connectivity index (χ0v) is 21.8. The van der Waals surface area contributed by atoms with Crippen molar-refractivity contribution in [1.29, 1.82) is 0 Å². The number of hydrogen-bond donors (Lipinski definition) is 1. The van der Waals surface area contributed by atoms with Crippen LogP contribution in [0, 0.1) is 12.7 Å². The van der Waals surface area contributed by atoms with E-state index < -0.39 is 57.4 Å². The Kier molecular flexibility index (Phi) is 8.01. The van der Waals surface area contributed by atoms with E-state index in [0.29, 0.717) is 34.5 Å². The molecule has 0 saturated carbocycles. The Labute approximate surface area is 225 Å². The summed E-state index contributed by atoms with van der Waals surface area (Å²) in [6.45, 7) is 1.67. The van der Waals surface area contributed by atoms with Gasteiger partial charge >= 0.3 is 12.4 Å². The maximum absolute atomic E-state index is 13.9. The Bertz CT molecular complexity index is 1550. The summed E-state index contributed by atoms with van der Waals surface area (Å²) in [6.07, 6.45) is -9.66. The summed E-state index contributed by atoms with van der Waals surface area (Å²) in [5.74, 6) is -2.71. The first-order valence-electron chi connectivity index (χ1n) is 12.0. The highest BCUT2D eigenvalue weighted by atomic mass is 32.2. The Hall–Kier alpha value is -3.45. The number of fused-ring (bicyclic) bond motifs is 1. The molecule has 13 heteroatoms. The summed E-state index contributed by atoms with van der Waals surface area (Å²) in [7, 11) is -3.98. The smallest absolute Gasteiger partial charge is 0.325 e. The fraction of sp³-hybridized carbons (Fsp3) is 0.296. The van der Waals surface area contributed by atoms with Gasteiger partial charge in [-0.3, -0.25) is 4.79 Å². The average Bonchev–Trinajstić information content (AvgIpc) is 2.84. The molecule has 1 aliphatic heterocycles. The minimum Gasteiger partial charge on any atom is -0.325 e. The van der Waals surface area contributed by atoms with E-state index in [9.17, 15) is 43.9 Å². The Morgan fingerprint density at radius 2 is 1.68 bits per heavy atom. The molecule has 1 heterocycles. The van der Waals surface area contributed by atoms with E-state index in [1.807, 2.05) is 0 Å². The second kappa shape index (κ2) is 10.8. The van der Waals surface area contributed by atoms with Crippen LogP contribution in [0.5, 0.6) is 0 Å². The largest absolute Gasteiger partial charge is 0.419 e. The SMILES string of the molecule is Cc1ccc2c(c1NC(=O)Cc1ccc(C(F)(F)F)c(F)c1)CCN(S(=O)(=O)Cc1cccc(C(F)(F)F)c1)C2. The molecule has 1 aliphatic rings. The first-order valence-corrected chi connectivity index (χ1v) is 13.6. The zero-order chi connectivity index (χ0) is 29.5. The predicted octanol–water partition coefficient (Wildman–Crippen LogP) is 6.24. The highest BCUT2D eigenvalue weighted by Gasteiger charge is 2.34. The number of halogens is 7. The topological polar surface area (TPSA) is 66.5 Å². The van der Waals surface area contributed by atoms with Crippen molar-refractivity contribution in [3.63, 3.8) is 0 Å². The predicted molar refractivity (Wildman–Crippen MR) is 133 cm³/mol. The molecule has 1 N–H and O–H groups in total. The summed E-state index contributed by atoms with van der Waals surface area (Å²) in [4.78, 5) is 12.7. The lowest BCUT2D eigenvalue weighted by Gasteiger charge is -2.30. The molecular weight excluding hydrogens is 565 g/mol. The lowest BCUT2D eigenvalue weighted by molar-refractivity contribution is -0.140. The molecule has 1 amide bonds. The summed E-state index contributed by atoms with van der Waals surface area (Å²) < 4.78 is 119. The number of carbonyl (C=O) groups excluding carboxylic acids is 1. The van der Waals surface area contributed by atoms with Gasteiger partial charge in [-0.2, -0.15) is 30.6 Å². The number of sulfonamides is 1. The highest BCUT2D eigenvalue weighted by molar-refractivity contribution is 7.88. The number of nitrogens with zero attached hydrogens (tertiary/aromatic N) is 1. The fourth-order valence-electron chi connectivity index (χ4n) is 4.57. The summed E-state index contributed by atoms with van der Waals surface area (Å²) in [5, 5.41) is 2.71. The lowest BCUT2D eigenvalue weighted by atomic mass is 9.95. The standard InChI is InChI=1S/C27H23F7N2O3S/c1-16-5-7-19-14-36(40(38,39)15-18-3-2-4-20(11-18)26(29,30)31)10-9-21(19)25(16)35-24(37)13-17-6-8-22(23(28)12-17)27(32,33)34/h2-8,11-12H,9-10,13-15H2,1H3,(H,35,37). The molecule has 4 rings (SSSR count). The Balaban J connectivity index is 1.49. The second-order valence-corrected chi connectivity index (χ2v) is 11.4. The number of benzene rings is 3. The van der Waals surface area contributed by atoms with Gasteiger partial charge in [0, 0.05) is 18.8 Å². The molecule has 214 valence electrons. The van der Waals surface area contributed by atoms with Gasteiger partial charge in [-0.05, 0) is 59.4 Å². The monoisotopic (exact) mass is 588 g/mol. The first-order chi connectivity index (χ1) is 18.5. The van der Waals surface area contributed by atoms with E-state index in [2.05, 4.69) is 5.32 Å². The average molecular weight is 589 g/mol. The van der Waals surface area contributed by atoms with Gasteiger partial charge in [-0.25, -0.2) is 12.8 Å². The van der Waals surface area contributed by atoms with E-state index in [1.165, 1.54) is 10.4 Å². The molecule has 5 nitrogen and oxygen atoms in total. The number of amides is 1. The molecule has 0 atom stereocenters. The molecule has 0 unspecified atom stereocenters. The number of carbonyl (C=O) groups is 1. The minimum atomic E-state index is -4.86. The molecule has 40 heavy (non-hydrogen) atoms. The second-order valence-electron chi connectivity index (χ2n) is 9.47. The van der Waals surface area contributed by atoms with Crippen LogP contribution in [0.25, 0.3) is 0 Å². The molecule has 0 saturated heterocycles. The van der Waals surface area contributed by atoms with Gasteiger partial charge in [0.15, 0.2) is 0 Å². The van der Waals surface area contributed by atoms with Gasteiger partial charge in [-0.1, -0.05) is 36.4 Å². The normalized spacial score (nSPS) is 14.6. The van der Waals surface area contributed by atoms with Gasteiger partial charge in [0.25, 0.3) is 0 Å². The number of hydrogen-bond acceptors (Lipinski definition) is 3. The molecular formula is C27H23F7N2O3S. The van der Waals surface area contributed by atoms with Crippen molar-refractivity contribution < 1.29 is 43.9 Å². The zero-order valence-electron chi connectivity index (χ0n) is 21.0. The fourth-order valence-corrected chi connectivity index (χ4v) is 6.05. The van der Waals surface area contributed by atoms with Crippen LogP contribution in [0.4, 0.5) is 36.4 Å². The molecule has 0 bridgehead atoms. The number of aryl methyl sites for hydroxylation is 1. The highest BCUT2D eigenvalue weighted by Crippen LogP contribution is 2.34. The van der Waals surface area contributed by atoms with Crippen LogP contribution < -0.4 is 5.32 Å². The van der Waals surface area contributed by atoms with Gasteiger partial charge < -0.3 is 5.32 Å². The first kappa shape index (κ1) is 29.5. The molecule has 3 aromatic carbocycles. The van der Waals surface area contributed by atoms with Gasteiger partial charge in [0.1, 0.15) is 5.82 Å². The van der Waals surface area contributed by atoms with Crippen molar-refractivity contribution in [2.45, 2.75) is 44.4 Å². The summed E-state index contributed by atoms with van der Waals surface area (Å²) in [6, 6.07) is 9.72. The van der Waals surface area contributed by atoms with E-state index in [4.69, 9.17) is 0 Å². The Morgan fingerprint density at radius 3 is 2.33 bits per heavy atom. The summed E-state index contributed by atoms with van der Waals surface area (Å²) in [5.41, 5.74) is -0.0145. The van der Waals surface area contributed by atoms with Crippen molar-refractivity contribution in [3.8, 4) is 0 Å². The Morgan fingerprint density at radius 1 is 0.950 bits per heavy atom. The number of nitrogens with one attached hydrogen (secondary N) is 1. The third-order valence-corrected chi connectivity index (χ3v) is 8.34. The molecule has 0 fully saturated rings. The van der Waals surface area contributed by atoms with E-state index >= 15 is 0 Å². The van der Waals surface area contributed by atoms with Crippen molar-refractivity contribution in [2.75, 3.05) is 11.9 Å². The van der Waals surface area contributed by atoms with Gasteiger partial charge in [-0.15, -0.1) is 0 Å². The molecule has 0 radical (unpaired) electrons. The molecule has 0 aromatic heterocycles. The summed E-state index contributed by atoms with van der Waals surface area (Å²) >= 11 is 0. The third kappa shape index (κ3) is 6.64. The quantitative estimate of drug-likeness (QED) is 0.347. The third-order valence-electron chi connectivity index (χ3n) is 6.54. The van der Waals surface area contributed by atoms with Crippen LogP contribution in [0.15, 0.2) is 54.6 Å². The van der Waals surface area contributed by atoms with Crippen LogP contribution in [0.2, 0.25) is 0 Å². The van der Waals surface area contributed by atoms with Crippen molar-refractivity contribution in [3.05, 3.63) is 99.4 Å². The van der Waals surface area contributed by atoms with E-state index in [-0.39, 0.29) is 30.6 Å². The maximum atomic E-state index is 13.9. The molecule has 3 aromatic rings. The minimum absolute atomic E-state index is 0.00261. The van der Waals surface area contributed by atoms with E-state index in [0.717, 1.165) is 24.3 Å². The van der Waals surface area contributed by atoms with Gasteiger partial charge in [0.05, 0.1) is 23.3 Å². The number of anilines is 1. The lowest BCUT2D eigenvalue weighted by Crippen LogP contribution is -2.37. The van der Waals surface area contributed by atoms with Crippen LogP contribution in [0.3, 0.4) is 0 Å². The van der Waals surface area contributed by atoms with Crippen LogP contribution in [-0.4, -0.2) is 25.2 Å².